The molecule has 3 heteroatoms. The predicted molar refractivity (Wildman–Crippen MR) is 70.4 cm³/mol. The third-order valence-corrected chi connectivity index (χ3v) is 2.35. The van der Waals surface area contributed by atoms with Gasteiger partial charge in [0.1, 0.15) is 12.4 Å². The maximum atomic E-state index is 5.60. The van der Waals surface area contributed by atoms with Crippen molar-refractivity contribution in [3.63, 3.8) is 0 Å². The van der Waals surface area contributed by atoms with Crippen molar-refractivity contribution in [2.24, 2.45) is 0 Å². The summed E-state index contributed by atoms with van der Waals surface area (Å²) in [5.74, 6) is 0.917. The van der Waals surface area contributed by atoms with Crippen molar-refractivity contribution in [1.29, 1.82) is 0 Å². The fourth-order valence-electron chi connectivity index (χ4n) is 1.52. The highest BCUT2D eigenvalue weighted by molar-refractivity contribution is 5.28. The van der Waals surface area contributed by atoms with E-state index in [0.29, 0.717) is 13.2 Å². The number of ether oxygens (including phenoxy) is 2. The first-order valence-corrected chi connectivity index (χ1v) is 6.37. The molecule has 0 unspecified atom stereocenters. The van der Waals surface area contributed by atoms with Gasteiger partial charge in [0.15, 0.2) is 0 Å². The van der Waals surface area contributed by atoms with Gasteiger partial charge >= 0.3 is 0 Å². The molecule has 0 aliphatic heterocycles. The molecule has 0 aromatic heterocycles. The van der Waals surface area contributed by atoms with Gasteiger partial charge in [-0.05, 0) is 37.6 Å². The molecule has 0 radical (unpaired) electrons. The standard InChI is InChI=1S/C14H23NO2/c1-3-8-15-12-13-6-5-7-14(11-13)17-10-9-16-4-2/h5-7,11,15H,3-4,8-10,12H2,1-2H3. The Morgan fingerprint density at radius 3 is 2.82 bits per heavy atom. The first kappa shape index (κ1) is 14.0. The van der Waals surface area contributed by atoms with Crippen molar-refractivity contribution < 1.29 is 9.47 Å². The van der Waals surface area contributed by atoms with Gasteiger partial charge in [0.2, 0.25) is 0 Å². The molecule has 0 saturated carbocycles. The molecule has 0 amide bonds. The highest BCUT2D eigenvalue weighted by atomic mass is 16.5. The highest BCUT2D eigenvalue weighted by Gasteiger charge is 1.96. The summed E-state index contributed by atoms with van der Waals surface area (Å²) in [5, 5.41) is 3.37. The smallest absolute Gasteiger partial charge is 0.119 e. The van der Waals surface area contributed by atoms with Crippen LogP contribution in [0.1, 0.15) is 25.8 Å². The van der Waals surface area contributed by atoms with Crippen LogP contribution in [-0.4, -0.2) is 26.4 Å². The summed E-state index contributed by atoms with van der Waals surface area (Å²) < 4.78 is 10.8. The van der Waals surface area contributed by atoms with Gasteiger partial charge in [-0.1, -0.05) is 19.1 Å². The highest BCUT2D eigenvalue weighted by Crippen LogP contribution is 2.13. The third kappa shape index (κ3) is 6.29. The van der Waals surface area contributed by atoms with E-state index in [2.05, 4.69) is 24.4 Å². The summed E-state index contributed by atoms with van der Waals surface area (Å²) in [7, 11) is 0. The van der Waals surface area contributed by atoms with Crippen LogP contribution in [0.5, 0.6) is 5.75 Å². The summed E-state index contributed by atoms with van der Waals surface area (Å²) in [6, 6.07) is 8.20. The molecular formula is C14H23NO2. The van der Waals surface area contributed by atoms with Crippen LogP contribution < -0.4 is 10.1 Å². The molecule has 0 aliphatic rings. The third-order valence-electron chi connectivity index (χ3n) is 2.35. The second-order valence-electron chi connectivity index (χ2n) is 3.87. The predicted octanol–water partition coefficient (Wildman–Crippen LogP) is 2.60. The number of benzene rings is 1. The van der Waals surface area contributed by atoms with Gasteiger partial charge in [0.25, 0.3) is 0 Å². The van der Waals surface area contributed by atoms with Gasteiger partial charge in [-0.25, -0.2) is 0 Å². The summed E-state index contributed by atoms with van der Waals surface area (Å²) in [4.78, 5) is 0. The van der Waals surface area contributed by atoms with E-state index < -0.39 is 0 Å². The van der Waals surface area contributed by atoms with Gasteiger partial charge in [0, 0.05) is 13.2 Å². The van der Waals surface area contributed by atoms with E-state index in [1.165, 1.54) is 5.56 Å². The van der Waals surface area contributed by atoms with E-state index in [9.17, 15) is 0 Å². The van der Waals surface area contributed by atoms with E-state index in [4.69, 9.17) is 9.47 Å². The number of nitrogens with one attached hydrogen (secondary N) is 1. The molecule has 1 N–H and O–H groups in total. The first-order valence-electron chi connectivity index (χ1n) is 6.37. The van der Waals surface area contributed by atoms with Crippen LogP contribution in [0.4, 0.5) is 0 Å². The van der Waals surface area contributed by atoms with Gasteiger partial charge in [-0.15, -0.1) is 0 Å². The Morgan fingerprint density at radius 2 is 2.06 bits per heavy atom. The van der Waals surface area contributed by atoms with Crippen LogP contribution in [0, 0.1) is 0 Å². The van der Waals surface area contributed by atoms with Gasteiger partial charge < -0.3 is 14.8 Å². The minimum atomic E-state index is 0.611. The molecule has 0 bridgehead atoms. The molecular weight excluding hydrogens is 214 g/mol. The monoisotopic (exact) mass is 237 g/mol. The lowest BCUT2D eigenvalue weighted by molar-refractivity contribution is 0.110. The Bertz CT molecular complexity index is 302. The second kappa shape index (κ2) is 9.02. The average Bonchev–Trinajstić information content (AvgIpc) is 2.36. The van der Waals surface area contributed by atoms with Crippen molar-refractivity contribution in [2.45, 2.75) is 26.8 Å². The Kier molecular flexibility index (Phi) is 7.43. The van der Waals surface area contributed by atoms with Gasteiger partial charge in [0.05, 0.1) is 6.61 Å². The zero-order valence-corrected chi connectivity index (χ0v) is 10.9. The Hall–Kier alpha value is -1.06. The van der Waals surface area contributed by atoms with Crippen molar-refractivity contribution in [3.05, 3.63) is 29.8 Å². The van der Waals surface area contributed by atoms with E-state index >= 15 is 0 Å². The molecule has 0 spiro atoms. The summed E-state index contributed by atoms with van der Waals surface area (Å²) in [6.07, 6.45) is 1.16. The fraction of sp³-hybridized carbons (Fsp3) is 0.571. The topological polar surface area (TPSA) is 30.5 Å². The Labute approximate surface area is 104 Å². The summed E-state index contributed by atoms with van der Waals surface area (Å²) in [6.45, 7) is 8.10. The van der Waals surface area contributed by atoms with E-state index in [1.54, 1.807) is 0 Å². The van der Waals surface area contributed by atoms with Crippen LogP contribution in [0.15, 0.2) is 24.3 Å². The van der Waals surface area contributed by atoms with E-state index in [1.807, 2.05) is 19.1 Å². The maximum Gasteiger partial charge on any atom is 0.119 e. The van der Waals surface area contributed by atoms with Crippen molar-refractivity contribution in [3.8, 4) is 5.75 Å². The summed E-state index contributed by atoms with van der Waals surface area (Å²) >= 11 is 0. The van der Waals surface area contributed by atoms with E-state index in [-0.39, 0.29) is 0 Å². The average molecular weight is 237 g/mol. The van der Waals surface area contributed by atoms with Crippen LogP contribution in [0.25, 0.3) is 0 Å². The molecule has 0 atom stereocenters. The molecule has 1 rings (SSSR count). The number of rotatable bonds is 9. The lowest BCUT2D eigenvalue weighted by atomic mass is 10.2. The van der Waals surface area contributed by atoms with Crippen molar-refractivity contribution >= 4 is 0 Å². The molecule has 0 saturated heterocycles. The zero-order valence-electron chi connectivity index (χ0n) is 10.9. The maximum absolute atomic E-state index is 5.60. The minimum Gasteiger partial charge on any atom is -0.491 e. The largest absolute Gasteiger partial charge is 0.491 e. The number of hydrogen-bond acceptors (Lipinski definition) is 3. The van der Waals surface area contributed by atoms with E-state index in [0.717, 1.165) is 31.9 Å². The van der Waals surface area contributed by atoms with Crippen LogP contribution in [0.2, 0.25) is 0 Å². The molecule has 0 heterocycles. The molecule has 0 fully saturated rings. The lowest BCUT2D eigenvalue weighted by Crippen LogP contribution is -2.13. The van der Waals surface area contributed by atoms with Crippen molar-refractivity contribution in [2.75, 3.05) is 26.4 Å². The minimum absolute atomic E-state index is 0.611. The molecule has 0 aliphatic carbocycles. The molecule has 1 aromatic rings. The number of hydrogen-bond donors (Lipinski definition) is 1. The Balaban J connectivity index is 2.31. The van der Waals surface area contributed by atoms with Crippen LogP contribution in [0.3, 0.4) is 0 Å². The fourth-order valence-corrected chi connectivity index (χ4v) is 1.52. The first-order chi connectivity index (χ1) is 8.36. The quantitative estimate of drug-likeness (QED) is 0.670. The van der Waals surface area contributed by atoms with Crippen LogP contribution in [-0.2, 0) is 11.3 Å². The molecule has 3 nitrogen and oxygen atoms in total. The molecule has 96 valence electrons. The van der Waals surface area contributed by atoms with Gasteiger partial charge in [-0.3, -0.25) is 0 Å². The second-order valence-corrected chi connectivity index (χ2v) is 3.87. The van der Waals surface area contributed by atoms with Crippen molar-refractivity contribution in [1.82, 2.24) is 5.32 Å². The lowest BCUT2D eigenvalue weighted by Gasteiger charge is -2.08. The van der Waals surface area contributed by atoms with Gasteiger partial charge in [-0.2, -0.15) is 0 Å². The zero-order chi connectivity index (χ0) is 12.3. The van der Waals surface area contributed by atoms with Crippen LogP contribution >= 0.6 is 0 Å². The SMILES string of the molecule is CCCNCc1cccc(OCCOCC)c1. The Morgan fingerprint density at radius 1 is 1.18 bits per heavy atom. The summed E-state index contributed by atoms with van der Waals surface area (Å²) in [5.41, 5.74) is 1.26. The molecule has 17 heavy (non-hydrogen) atoms. The normalized spacial score (nSPS) is 10.5. The molecule has 1 aromatic carbocycles.